The smallest absolute Gasteiger partial charge is 0.170 e. The number of carbonyl (C=O) groups is 1. The van der Waals surface area contributed by atoms with Crippen molar-refractivity contribution in [3.05, 3.63) is 30.2 Å². The number of rotatable bonds is 2. The van der Waals surface area contributed by atoms with E-state index in [-0.39, 0.29) is 0 Å². The van der Waals surface area contributed by atoms with Gasteiger partial charge in [-0.2, -0.15) is 0 Å². The van der Waals surface area contributed by atoms with Gasteiger partial charge in [0.05, 0.1) is 12.0 Å². The summed E-state index contributed by atoms with van der Waals surface area (Å²) in [6, 6.07) is 5.63. The van der Waals surface area contributed by atoms with Crippen molar-refractivity contribution in [2.75, 3.05) is 13.2 Å². The number of benzene rings is 1. The summed E-state index contributed by atoms with van der Waals surface area (Å²) in [5.41, 5.74) is 2.09. The molecule has 0 unspecified atom stereocenters. The van der Waals surface area contributed by atoms with E-state index in [2.05, 4.69) is 4.98 Å². The number of ether oxygens (including phenoxy) is 2. The Bertz CT molecular complexity index is 604. The highest BCUT2D eigenvalue weighted by Crippen LogP contribution is 2.34. The summed E-state index contributed by atoms with van der Waals surface area (Å²) in [4.78, 5) is 15.0. The molecule has 0 fully saturated rings. The van der Waals surface area contributed by atoms with Gasteiger partial charge in [-0.3, -0.25) is 4.79 Å². The molecule has 0 amide bonds. The van der Waals surface area contributed by atoms with Gasteiger partial charge < -0.3 is 14.0 Å². The van der Waals surface area contributed by atoms with Gasteiger partial charge in [0.1, 0.15) is 18.9 Å². The number of imidazole rings is 1. The number of aryl methyl sites for hydroxylation is 1. The summed E-state index contributed by atoms with van der Waals surface area (Å²) in [6.07, 6.45) is 2.38. The fourth-order valence-corrected chi connectivity index (χ4v) is 2.08. The van der Waals surface area contributed by atoms with Crippen molar-refractivity contribution in [3.8, 4) is 22.8 Å². The number of aromatic nitrogens is 2. The Labute approximate surface area is 104 Å². The van der Waals surface area contributed by atoms with E-state index < -0.39 is 0 Å². The fourth-order valence-electron chi connectivity index (χ4n) is 2.08. The molecule has 0 radical (unpaired) electrons. The molecule has 92 valence electrons. The second kappa shape index (κ2) is 4.18. The van der Waals surface area contributed by atoms with Crippen molar-refractivity contribution in [1.29, 1.82) is 0 Å². The molecular weight excluding hydrogens is 232 g/mol. The molecule has 1 aromatic carbocycles. The van der Waals surface area contributed by atoms with Crippen LogP contribution in [0.2, 0.25) is 0 Å². The van der Waals surface area contributed by atoms with Crippen LogP contribution in [0.1, 0.15) is 10.5 Å². The second-order valence-electron chi connectivity index (χ2n) is 4.07. The van der Waals surface area contributed by atoms with Gasteiger partial charge in [-0.1, -0.05) is 0 Å². The molecular formula is C13H12N2O3. The highest BCUT2D eigenvalue weighted by atomic mass is 16.6. The zero-order valence-electron chi connectivity index (χ0n) is 9.92. The van der Waals surface area contributed by atoms with E-state index in [0.717, 1.165) is 23.3 Å². The number of hydrogen-bond acceptors (Lipinski definition) is 4. The summed E-state index contributed by atoms with van der Waals surface area (Å²) in [5.74, 6) is 1.44. The molecule has 2 aromatic rings. The average molecular weight is 244 g/mol. The predicted molar refractivity (Wildman–Crippen MR) is 65.0 cm³/mol. The maximum atomic E-state index is 11.0. The Balaban J connectivity index is 2.11. The summed E-state index contributed by atoms with van der Waals surface area (Å²) < 4.78 is 12.8. The molecule has 3 rings (SSSR count). The van der Waals surface area contributed by atoms with Gasteiger partial charge >= 0.3 is 0 Å². The molecule has 0 atom stereocenters. The lowest BCUT2D eigenvalue weighted by atomic mass is 10.1. The first-order valence-electron chi connectivity index (χ1n) is 5.66. The molecule has 0 aliphatic carbocycles. The number of fused-ring (bicyclic) bond motifs is 1. The van der Waals surface area contributed by atoms with Gasteiger partial charge in [0.2, 0.25) is 0 Å². The van der Waals surface area contributed by atoms with Crippen LogP contribution in [0.3, 0.4) is 0 Å². The number of nitrogens with zero attached hydrogens (tertiary/aromatic N) is 2. The largest absolute Gasteiger partial charge is 0.486 e. The van der Waals surface area contributed by atoms with Crippen LogP contribution in [0.5, 0.6) is 11.5 Å². The molecule has 1 aliphatic rings. The van der Waals surface area contributed by atoms with Crippen LogP contribution < -0.4 is 9.47 Å². The third kappa shape index (κ3) is 1.64. The van der Waals surface area contributed by atoms with E-state index in [4.69, 9.17) is 9.47 Å². The zero-order valence-corrected chi connectivity index (χ0v) is 9.92. The highest BCUT2D eigenvalue weighted by molar-refractivity contribution is 5.84. The van der Waals surface area contributed by atoms with Crippen LogP contribution in [0.25, 0.3) is 11.3 Å². The van der Waals surface area contributed by atoms with Crippen molar-refractivity contribution < 1.29 is 14.3 Å². The molecule has 5 nitrogen and oxygen atoms in total. The standard InChI is InChI=1S/C13H12N2O3/c1-15-8-14-10(7-16)13(15)9-2-3-11-12(6-9)18-5-4-17-11/h2-3,6-8H,4-5H2,1H3. The van der Waals surface area contributed by atoms with Crippen LogP contribution >= 0.6 is 0 Å². The fraction of sp³-hybridized carbons (Fsp3) is 0.231. The lowest BCUT2D eigenvalue weighted by molar-refractivity contribution is 0.112. The lowest BCUT2D eigenvalue weighted by Gasteiger charge is -2.19. The van der Waals surface area contributed by atoms with E-state index in [1.165, 1.54) is 0 Å². The second-order valence-corrected chi connectivity index (χ2v) is 4.07. The molecule has 5 heteroatoms. The van der Waals surface area contributed by atoms with E-state index in [1.54, 1.807) is 6.33 Å². The van der Waals surface area contributed by atoms with Gasteiger partial charge in [0, 0.05) is 12.6 Å². The van der Waals surface area contributed by atoms with E-state index >= 15 is 0 Å². The van der Waals surface area contributed by atoms with Crippen LogP contribution in [0, 0.1) is 0 Å². The quantitative estimate of drug-likeness (QED) is 0.754. The Morgan fingerprint density at radius 2 is 2.06 bits per heavy atom. The van der Waals surface area contributed by atoms with Crippen molar-refractivity contribution in [3.63, 3.8) is 0 Å². The van der Waals surface area contributed by atoms with Crippen molar-refractivity contribution in [2.45, 2.75) is 0 Å². The maximum absolute atomic E-state index is 11.0. The highest BCUT2D eigenvalue weighted by Gasteiger charge is 2.16. The number of hydrogen-bond donors (Lipinski definition) is 0. The predicted octanol–water partition coefficient (Wildman–Crippen LogP) is 1.67. The lowest BCUT2D eigenvalue weighted by Crippen LogP contribution is -2.15. The minimum atomic E-state index is 0.425. The van der Waals surface area contributed by atoms with Gasteiger partial charge in [0.15, 0.2) is 17.8 Å². The van der Waals surface area contributed by atoms with Crippen molar-refractivity contribution in [2.24, 2.45) is 7.05 Å². The molecule has 1 aliphatic heterocycles. The number of carbonyl (C=O) groups excluding carboxylic acids is 1. The third-order valence-corrected chi connectivity index (χ3v) is 2.89. The molecule has 0 saturated heterocycles. The molecule has 0 saturated carbocycles. The molecule has 0 bridgehead atoms. The minimum Gasteiger partial charge on any atom is -0.486 e. The Morgan fingerprint density at radius 1 is 1.28 bits per heavy atom. The van der Waals surface area contributed by atoms with Crippen LogP contribution in [-0.2, 0) is 7.05 Å². The summed E-state index contributed by atoms with van der Waals surface area (Å²) in [5, 5.41) is 0. The topological polar surface area (TPSA) is 53.4 Å². The molecule has 0 spiro atoms. The molecule has 2 heterocycles. The maximum Gasteiger partial charge on any atom is 0.170 e. The molecule has 18 heavy (non-hydrogen) atoms. The van der Waals surface area contributed by atoms with Gasteiger partial charge in [-0.25, -0.2) is 4.98 Å². The average Bonchev–Trinajstić information content (AvgIpc) is 2.79. The first kappa shape index (κ1) is 10.8. The zero-order chi connectivity index (χ0) is 12.5. The summed E-state index contributed by atoms with van der Waals surface area (Å²) >= 11 is 0. The minimum absolute atomic E-state index is 0.425. The van der Waals surface area contributed by atoms with E-state index in [1.807, 2.05) is 29.8 Å². The van der Waals surface area contributed by atoms with E-state index in [9.17, 15) is 4.79 Å². The van der Waals surface area contributed by atoms with Gasteiger partial charge in [-0.05, 0) is 18.2 Å². The number of aldehydes is 1. The van der Waals surface area contributed by atoms with Crippen LogP contribution in [-0.4, -0.2) is 29.1 Å². The van der Waals surface area contributed by atoms with Crippen LogP contribution in [0.4, 0.5) is 0 Å². The van der Waals surface area contributed by atoms with Crippen LogP contribution in [0.15, 0.2) is 24.5 Å². The first-order chi connectivity index (χ1) is 8.79. The Morgan fingerprint density at radius 3 is 2.83 bits per heavy atom. The summed E-state index contributed by atoms with van der Waals surface area (Å²) in [7, 11) is 1.85. The first-order valence-corrected chi connectivity index (χ1v) is 5.66. The third-order valence-electron chi connectivity index (χ3n) is 2.89. The van der Waals surface area contributed by atoms with Crippen molar-refractivity contribution in [1.82, 2.24) is 9.55 Å². The van der Waals surface area contributed by atoms with Gasteiger partial charge in [-0.15, -0.1) is 0 Å². The van der Waals surface area contributed by atoms with Crippen molar-refractivity contribution >= 4 is 6.29 Å². The Hall–Kier alpha value is -2.30. The SMILES string of the molecule is Cn1cnc(C=O)c1-c1ccc2c(c1)OCCO2. The van der Waals surface area contributed by atoms with Gasteiger partial charge in [0.25, 0.3) is 0 Å². The van der Waals surface area contributed by atoms with E-state index in [0.29, 0.717) is 24.7 Å². The normalized spacial score (nSPS) is 13.4. The molecule has 0 N–H and O–H groups in total. The monoisotopic (exact) mass is 244 g/mol. The Kier molecular flexibility index (Phi) is 2.51. The summed E-state index contributed by atoms with van der Waals surface area (Å²) in [6.45, 7) is 1.11. The molecule has 1 aromatic heterocycles.